The molecule has 4 N–H and O–H groups in total. The van der Waals surface area contributed by atoms with E-state index >= 15 is 0 Å². The lowest BCUT2D eigenvalue weighted by molar-refractivity contribution is -0.385. The average molecular weight is 1080 g/mol. The third kappa shape index (κ3) is 27.2. The molecule has 0 amide bonds. The highest BCUT2D eigenvalue weighted by atomic mass is 16.6. The Bertz CT molecular complexity index is 2410. The minimum absolute atomic E-state index is 0.122. The number of aromatic carboxylic acids is 2. The first-order valence-corrected chi connectivity index (χ1v) is 28.1. The van der Waals surface area contributed by atoms with Crippen LogP contribution in [0.25, 0.3) is 11.1 Å². The summed E-state index contributed by atoms with van der Waals surface area (Å²) in [6.45, 7) is 7.68. The lowest BCUT2D eigenvalue weighted by atomic mass is 10.0. The number of carbonyl (C=O) groups excluding carboxylic acids is 3. The first-order chi connectivity index (χ1) is 37.9. The SMILES string of the molecule is C=CC(=O)OCCCCCCCCCCCOc1ccccc1.CCCCCCCCOc1cc(N)c(-c2ccc(C(=O)OCCCCCCCCCCCCOC(=O)c3cc(C(=O)O)ccc3C(=O)O)cc2)cc1[N+](=O)[O-]. The number of carboxylic acid groups (broad SMARTS) is 2. The number of hydrogen-bond donors (Lipinski definition) is 3. The van der Waals surface area contributed by atoms with Gasteiger partial charge in [0.2, 0.25) is 0 Å². The zero-order valence-corrected chi connectivity index (χ0v) is 45.9. The van der Waals surface area contributed by atoms with Gasteiger partial charge in [0, 0.05) is 29.5 Å². The molecule has 16 heteroatoms. The normalized spacial score (nSPS) is 10.7. The Labute approximate surface area is 461 Å². The van der Waals surface area contributed by atoms with Crippen LogP contribution in [0, 0.1) is 10.1 Å². The fourth-order valence-electron chi connectivity index (χ4n) is 8.46. The van der Waals surface area contributed by atoms with Crippen molar-refractivity contribution in [2.45, 2.75) is 167 Å². The number of carbonyl (C=O) groups is 5. The number of para-hydroxylation sites is 1. The molecule has 0 spiro atoms. The molecule has 0 fully saturated rings. The van der Waals surface area contributed by atoms with E-state index in [2.05, 4.69) is 13.5 Å². The molecule has 4 aromatic rings. The summed E-state index contributed by atoms with van der Waals surface area (Å²) in [6.07, 6.45) is 28.0. The molecule has 78 heavy (non-hydrogen) atoms. The van der Waals surface area contributed by atoms with Crippen LogP contribution in [-0.2, 0) is 19.0 Å². The van der Waals surface area contributed by atoms with Gasteiger partial charge in [-0.15, -0.1) is 0 Å². The van der Waals surface area contributed by atoms with Crippen LogP contribution in [0.4, 0.5) is 11.4 Å². The molecule has 16 nitrogen and oxygen atoms in total. The summed E-state index contributed by atoms with van der Waals surface area (Å²) in [7, 11) is 0. The van der Waals surface area contributed by atoms with Crippen molar-refractivity contribution in [3.63, 3.8) is 0 Å². The predicted octanol–water partition coefficient (Wildman–Crippen LogP) is 15.2. The van der Waals surface area contributed by atoms with Gasteiger partial charge < -0.3 is 39.6 Å². The fourth-order valence-corrected chi connectivity index (χ4v) is 8.46. The second-order valence-corrected chi connectivity index (χ2v) is 19.3. The summed E-state index contributed by atoms with van der Waals surface area (Å²) in [5.41, 5.74) is 7.21. The molecular formula is C62H84N2O14. The number of nitro benzene ring substituents is 1. The Morgan fingerprint density at radius 3 is 1.47 bits per heavy atom. The van der Waals surface area contributed by atoms with E-state index in [1.807, 2.05) is 30.3 Å². The van der Waals surface area contributed by atoms with Crippen LogP contribution >= 0.6 is 0 Å². The number of benzene rings is 4. The first-order valence-electron chi connectivity index (χ1n) is 28.1. The van der Waals surface area contributed by atoms with Crippen LogP contribution < -0.4 is 15.2 Å². The summed E-state index contributed by atoms with van der Waals surface area (Å²) >= 11 is 0. The van der Waals surface area contributed by atoms with E-state index in [4.69, 9.17) is 34.5 Å². The molecule has 0 unspecified atom stereocenters. The quantitative estimate of drug-likeness (QED) is 0.00712. The standard InChI is InChI=1S/C42H54N2O11.C20H30O3/c1-2-3-4-5-12-15-24-53-38-29-36(43)34(28-37(38)44(51)52)30-18-20-31(21-19-30)41(49)54-25-16-13-10-8-6-7-9-11-14-17-26-55-42(50)35-27-32(39(45)46)22-23-33(35)40(47)48;1-2-20(21)23-18-14-9-7-5-3-4-6-8-13-17-22-19-15-11-10-12-16-19/h18-23,27-29H,2-17,24-26,43H2,1H3,(H,45,46)(H,47,48);2,10-12,15-16H,1,3-9,13-14,17-18H2. The van der Waals surface area contributed by atoms with Gasteiger partial charge in [-0.3, -0.25) is 10.1 Å². The van der Waals surface area contributed by atoms with Gasteiger partial charge in [-0.2, -0.15) is 0 Å². The van der Waals surface area contributed by atoms with Crippen molar-refractivity contribution in [1.82, 2.24) is 0 Å². The van der Waals surface area contributed by atoms with Crippen molar-refractivity contribution in [3.05, 3.63) is 130 Å². The number of nitrogen functional groups attached to an aromatic ring is 1. The summed E-state index contributed by atoms with van der Waals surface area (Å²) in [5, 5.41) is 30.2. The fraction of sp³-hybridized carbons (Fsp3) is 0.500. The van der Waals surface area contributed by atoms with Gasteiger partial charge in [-0.1, -0.05) is 172 Å². The maximum atomic E-state index is 12.6. The molecule has 0 aromatic heterocycles. The molecule has 0 saturated heterocycles. The largest absolute Gasteiger partial charge is 0.494 e. The van der Waals surface area contributed by atoms with Gasteiger partial charge >= 0.3 is 35.5 Å². The second-order valence-electron chi connectivity index (χ2n) is 19.3. The van der Waals surface area contributed by atoms with E-state index in [0.717, 1.165) is 127 Å². The Morgan fingerprint density at radius 1 is 0.526 bits per heavy atom. The van der Waals surface area contributed by atoms with E-state index in [-0.39, 0.29) is 40.7 Å². The zero-order chi connectivity index (χ0) is 56.6. The average Bonchev–Trinajstić information content (AvgIpc) is 3.45. The van der Waals surface area contributed by atoms with Crippen molar-refractivity contribution in [1.29, 1.82) is 0 Å². The lowest BCUT2D eigenvalue weighted by Gasteiger charge is -2.12. The molecule has 0 heterocycles. The molecule has 4 aromatic carbocycles. The number of rotatable bonds is 41. The third-order valence-corrected chi connectivity index (χ3v) is 12.9. The van der Waals surface area contributed by atoms with E-state index in [9.17, 15) is 39.2 Å². The van der Waals surface area contributed by atoms with Crippen molar-refractivity contribution in [2.75, 3.05) is 38.8 Å². The molecular weight excluding hydrogens is 997 g/mol. The molecule has 0 bridgehead atoms. The molecule has 0 radical (unpaired) electrons. The van der Waals surface area contributed by atoms with Crippen molar-refractivity contribution in [3.8, 4) is 22.6 Å². The van der Waals surface area contributed by atoms with Gasteiger partial charge in [0.15, 0.2) is 5.75 Å². The number of nitrogens with zero attached hydrogens (tertiary/aromatic N) is 1. The van der Waals surface area contributed by atoms with Crippen molar-refractivity contribution >= 4 is 41.2 Å². The monoisotopic (exact) mass is 1080 g/mol. The molecule has 0 aliphatic heterocycles. The molecule has 0 saturated carbocycles. The summed E-state index contributed by atoms with van der Waals surface area (Å²) < 4.78 is 27.0. The highest BCUT2D eigenvalue weighted by Crippen LogP contribution is 2.37. The number of ether oxygens (including phenoxy) is 5. The third-order valence-electron chi connectivity index (χ3n) is 12.9. The van der Waals surface area contributed by atoms with Gasteiger partial charge in [-0.25, -0.2) is 24.0 Å². The minimum Gasteiger partial charge on any atom is -0.494 e. The Balaban J connectivity index is 0.000000579. The van der Waals surface area contributed by atoms with Gasteiger partial charge in [0.1, 0.15) is 5.75 Å². The number of hydrogen-bond acceptors (Lipinski definition) is 13. The van der Waals surface area contributed by atoms with Crippen LogP contribution in [0.5, 0.6) is 11.5 Å². The second kappa shape index (κ2) is 40.0. The lowest BCUT2D eigenvalue weighted by Crippen LogP contribution is -2.14. The van der Waals surface area contributed by atoms with Gasteiger partial charge in [-0.05, 0) is 80.1 Å². The van der Waals surface area contributed by atoms with E-state index in [1.165, 1.54) is 76.0 Å². The summed E-state index contributed by atoms with van der Waals surface area (Å²) in [6, 6.07) is 22.8. The number of unbranched alkanes of at least 4 members (excludes halogenated alkanes) is 22. The molecule has 0 aliphatic rings. The number of nitro groups is 1. The van der Waals surface area contributed by atoms with E-state index in [1.54, 1.807) is 24.3 Å². The maximum Gasteiger partial charge on any atom is 0.339 e. The van der Waals surface area contributed by atoms with Gasteiger partial charge in [0.05, 0.1) is 60.2 Å². The summed E-state index contributed by atoms with van der Waals surface area (Å²) in [4.78, 5) is 69.7. The molecule has 426 valence electrons. The number of esters is 3. The van der Waals surface area contributed by atoms with Gasteiger partial charge in [0.25, 0.3) is 0 Å². The molecule has 4 rings (SSSR count). The highest BCUT2D eigenvalue weighted by molar-refractivity contribution is 6.04. The molecule has 0 atom stereocenters. The number of anilines is 1. The first kappa shape index (κ1) is 65.1. The zero-order valence-electron chi connectivity index (χ0n) is 45.9. The van der Waals surface area contributed by atoms with Crippen LogP contribution in [0.2, 0.25) is 0 Å². The highest BCUT2D eigenvalue weighted by Gasteiger charge is 2.22. The topological polar surface area (TPSA) is 241 Å². The van der Waals surface area contributed by atoms with Crippen molar-refractivity contribution < 1.29 is 62.8 Å². The minimum atomic E-state index is -1.33. The predicted molar refractivity (Wildman–Crippen MR) is 304 cm³/mol. The van der Waals surface area contributed by atoms with E-state index < -0.39 is 28.8 Å². The van der Waals surface area contributed by atoms with Crippen LogP contribution in [0.3, 0.4) is 0 Å². The van der Waals surface area contributed by atoms with Crippen molar-refractivity contribution in [2.24, 2.45) is 0 Å². The van der Waals surface area contributed by atoms with Crippen LogP contribution in [0.1, 0.15) is 209 Å². The number of carboxylic acids is 2. The van der Waals surface area contributed by atoms with Crippen LogP contribution in [0.15, 0.2) is 97.6 Å². The van der Waals surface area contributed by atoms with Crippen LogP contribution in [-0.4, -0.2) is 78.0 Å². The number of nitrogens with two attached hydrogens (primary N) is 1. The Kier molecular flexibility index (Phi) is 33.4. The van der Waals surface area contributed by atoms with E-state index in [0.29, 0.717) is 48.6 Å². The maximum absolute atomic E-state index is 12.6. The molecule has 0 aliphatic carbocycles. The smallest absolute Gasteiger partial charge is 0.339 e. The summed E-state index contributed by atoms with van der Waals surface area (Å²) in [5.74, 6) is -3.09. The Hall–Kier alpha value is -7.23. The Morgan fingerprint density at radius 2 is 0.987 bits per heavy atom.